The SMILES string of the molecule is C=CCOC(=O)C1=C(C)N=C2SCCC(=O)N2[C@H]1c1ccc(OC(C)=O)c(OC)c1. The molecule has 0 spiro atoms. The predicted octanol–water partition coefficient (Wildman–Crippen LogP) is 3.00. The van der Waals surface area contributed by atoms with Crippen LogP contribution in [0.1, 0.15) is 31.9 Å². The molecule has 0 radical (unpaired) electrons. The summed E-state index contributed by atoms with van der Waals surface area (Å²) in [5.41, 5.74) is 1.35. The second-order valence-electron chi connectivity index (χ2n) is 6.55. The number of allylic oxidation sites excluding steroid dienone is 1. The molecule has 0 aromatic heterocycles. The predicted molar refractivity (Wildman–Crippen MR) is 112 cm³/mol. The van der Waals surface area contributed by atoms with E-state index >= 15 is 0 Å². The van der Waals surface area contributed by atoms with E-state index in [1.165, 1.54) is 36.8 Å². The number of rotatable bonds is 6. The summed E-state index contributed by atoms with van der Waals surface area (Å²) in [7, 11) is 1.45. The first-order chi connectivity index (χ1) is 14.4. The van der Waals surface area contributed by atoms with E-state index in [1.54, 1.807) is 25.1 Å². The van der Waals surface area contributed by atoms with E-state index in [0.717, 1.165) is 0 Å². The van der Waals surface area contributed by atoms with Crippen LogP contribution in [0.15, 0.2) is 47.1 Å². The second kappa shape index (κ2) is 9.17. The lowest BCUT2D eigenvalue weighted by atomic mass is 9.94. The molecule has 1 aromatic rings. The van der Waals surface area contributed by atoms with Crippen molar-refractivity contribution >= 4 is 34.8 Å². The van der Waals surface area contributed by atoms with Crippen LogP contribution in [0.4, 0.5) is 0 Å². The molecule has 2 aliphatic heterocycles. The van der Waals surface area contributed by atoms with Gasteiger partial charge in [-0.1, -0.05) is 30.5 Å². The molecule has 8 nitrogen and oxygen atoms in total. The zero-order valence-corrected chi connectivity index (χ0v) is 17.8. The Kier molecular flexibility index (Phi) is 6.61. The summed E-state index contributed by atoms with van der Waals surface area (Å²) in [4.78, 5) is 43.0. The Morgan fingerprint density at radius 1 is 1.37 bits per heavy atom. The van der Waals surface area contributed by atoms with E-state index in [-0.39, 0.29) is 23.8 Å². The Labute approximate surface area is 178 Å². The largest absolute Gasteiger partial charge is 0.493 e. The molecule has 158 valence electrons. The first-order valence-electron chi connectivity index (χ1n) is 9.26. The second-order valence-corrected chi connectivity index (χ2v) is 7.61. The van der Waals surface area contributed by atoms with Gasteiger partial charge in [0.05, 0.1) is 24.4 Å². The Balaban J connectivity index is 2.13. The normalized spacial score (nSPS) is 18.4. The number of methoxy groups -OCH3 is 1. The number of amides is 1. The van der Waals surface area contributed by atoms with E-state index in [2.05, 4.69) is 11.6 Å². The third kappa shape index (κ3) is 4.25. The molecule has 1 fully saturated rings. The van der Waals surface area contributed by atoms with Crippen LogP contribution in [-0.4, -0.2) is 47.4 Å². The number of thioether (sulfide) groups is 1. The van der Waals surface area contributed by atoms with Crippen molar-refractivity contribution in [2.75, 3.05) is 19.5 Å². The number of carbonyl (C=O) groups excluding carboxylic acids is 3. The smallest absolute Gasteiger partial charge is 0.338 e. The Morgan fingerprint density at radius 2 is 2.13 bits per heavy atom. The Bertz CT molecular complexity index is 968. The molecule has 9 heteroatoms. The van der Waals surface area contributed by atoms with Crippen LogP contribution in [0, 0.1) is 0 Å². The zero-order chi connectivity index (χ0) is 21.8. The third-order valence-electron chi connectivity index (χ3n) is 4.52. The highest BCUT2D eigenvalue weighted by atomic mass is 32.2. The van der Waals surface area contributed by atoms with Crippen LogP contribution in [0.25, 0.3) is 0 Å². The molecule has 0 aliphatic carbocycles. The molecular formula is C21H22N2O6S. The number of aliphatic imine (C=N–C) groups is 1. The number of carbonyl (C=O) groups is 3. The molecule has 0 unspecified atom stereocenters. The minimum atomic E-state index is -0.740. The summed E-state index contributed by atoms with van der Waals surface area (Å²) in [5, 5.41) is 0.539. The highest BCUT2D eigenvalue weighted by Crippen LogP contribution is 2.42. The number of amidine groups is 1. The standard InChI is InChI=1S/C21H22N2O6S/c1-5-9-28-20(26)18-12(2)22-21-23(17(25)8-10-30-21)19(18)14-6-7-15(29-13(3)24)16(11-14)27-4/h5-7,11,19H,1,8-10H2,2-4H3/t19-/m0/s1. The molecule has 1 atom stereocenters. The van der Waals surface area contributed by atoms with Gasteiger partial charge in [-0.05, 0) is 24.6 Å². The molecular weight excluding hydrogens is 408 g/mol. The van der Waals surface area contributed by atoms with Crippen molar-refractivity contribution in [1.29, 1.82) is 0 Å². The van der Waals surface area contributed by atoms with Crippen molar-refractivity contribution in [3.05, 3.63) is 47.7 Å². The number of esters is 2. The number of hydrogen-bond acceptors (Lipinski definition) is 8. The molecule has 30 heavy (non-hydrogen) atoms. The van der Waals surface area contributed by atoms with Crippen LogP contribution in [-0.2, 0) is 19.1 Å². The summed E-state index contributed by atoms with van der Waals surface area (Å²) in [6.07, 6.45) is 1.80. The van der Waals surface area contributed by atoms with Crippen LogP contribution in [0.5, 0.6) is 11.5 Å². The van der Waals surface area contributed by atoms with Gasteiger partial charge in [-0.3, -0.25) is 14.5 Å². The van der Waals surface area contributed by atoms with E-state index in [1.807, 2.05) is 0 Å². The fourth-order valence-electron chi connectivity index (χ4n) is 3.28. The summed E-state index contributed by atoms with van der Waals surface area (Å²) < 4.78 is 15.8. The van der Waals surface area contributed by atoms with E-state index in [9.17, 15) is 14.4 Å². The first-order valence-corrected chi connectivity index (χ1v) is 10.2. The fourth-order valence-corrected chi connectivity index (χ4v) is 4.29. The summed E-state index contributed by atoms with van der Waals surface area (Å²) in [6, 6.07) is 4.17. The lowest BCUT2D eigenvalue weighted by Crippen LogP contribution is -2.45. The molecule has 3 rings (SSSR count). The molecule has 0 N–H and O–H groups in total. The van der Waals surface area contributed by atoms with E-state index in [4.69, 9.17) is 14.2 Å². The van der Waals surface area contributed by atoms with Crippen LogP contribution in [0.2, 0.25) is 0 Å². The highest BCUT2D eigenvalue weighted by molar-refractivity contribution is 8.14. The average Bonchev–Trinajstić information content (AvgIpc) is 2.71. The van der Waals surface area contributed by atoms with Gasteiger partial charge in [-0.15, -0.1) is 0 Å². The van der Waals surface area contributed by atoms with Gasteiger partial charge >= 0.3 is 11.9 Å². The molecule has 0 bridgehead atoms. The minimum Gasteiger partial charge on any atom is -0.493 e. The fraction of sp³-hybridized carbons (Fsp3) is 0.333. The third-order valence-corrected chi connectivity index (χ3v) is 5.47. The number of hydrogen-bond donors (Lipinski definition) is 0. The molecule has 1 saturated heterocycles. The molecule has 1 aromatic carbocycles. The van der Waals surface area contributed by atoms with E-state index in [0.29, 0.717) is 34.4 Å². The van der Waals surface area contributed by atoms with Crippen molar-refractivity contribution in [3.63, 3.8) is 0 Å². The van der Waals surface area contributed by atoms with Crippen LogP contribution < -0.4 is 9.47 Å². The first kappa shape index (κ1) is 21.6. The van der Waals surface area contributed by atoms with Gasteiger partial charge in [0.15, 0.2) is 16.7 Å². The zero-order valence-electron chi connectivity index (χ0n) is 17.0. The van der Waals surface area contributed by atoms with Gasteiger partial charge < -0.3 is 14.2 Å². The number of benzene rings is 1. The van der Waals surface area contributed by atoms with Gasteiger partial charge in [0.2, 0.25) is 5.91 Å². The topological polar surface area (TPSA) is 94.5 Å². The van der Waals surface area contributed by atoms with Gasteiger partial charge in [0.25, 0.3) is 0 Å². The number of nitrogens with zero attached hydrogens (tertiary/aromatic N) is 2. The quantitative estimate of drug-likeness (QED) is 0.389. The maximum Gasteiger partial charge on any atom is 0.338 e. The average molecular weight is 430 g/mol. The van der Waals surface area contributed by atoms with Crippen molar-refractivity contribution in [3.8, 4) is 11.5 Å². The van der Waals surface area contributed by atoms with Crippen molar-refractivity contribution in [2.24, 2.45) is 4.99 Å². The summed E-state index contributed by atoms with van der Waals surface area (Å²) >= 11 is 1.46. The maximum absolute atomic E-state index is 12.9. The lowest BCUT2D eigenvalue weighted by molar-refractivity contribution is -0.139. The Hall–Kier alpha value is -3.07. The minimum absolute atomic E-state index is 0.0380. The van der Waals surface area contributed by atoms with Crippen LogP contribution >= 0.6 is 11.8 Å². The monoisotopic (exact) mass is 430 g/mol. The number of ether oxygens (including phenoxy) is 3. The molecule has 0 saturated carbocycles. The highest BCUT2D eigenvalue weighted by Gasteiger charge is 2.42. The van der Waals surface area contributed by atoms with Crippen molar-refractivity contribution in [2.45, 2.75) is 26.3 Å². The Morgan fingerprint density at radius 3 is 2.80 bits per heavy atom. The number of fused-ring (bicyclic) bond motifs is 1. The van der Waals surface area contributed by atoms with Gasteiger partial charge in [0.1, 0.15) is 6.61 Å². The lowest BCUT2D eigenvalue weighted by Gasteiger charge is -2.39. The molecule has 1 amide bonds. The van der Waals surface area contributed by atoms with Crippen molar-refractivity contribution in [1.82, 2.24) is 4.90 Å². The van der Waals surface area contributed by atoms with Gasteiger partial charge in [-0.25, -0.2) is 9.79 Å². The molecule has 2 heterocycles. The molecule has 2 aliphatic rings. The van der Waals surface area contributed by atoms with E-state index < -0.39 is 18.0 Å². The summed E-state index contributed by atoms with van der Waals surface area (Å²) in [5.74, 6) is -0.0255. The summed E-state index contributed by atoms with van der Waals surface area (Å²) in [6.45, 7) is 6.61. The van der Waals surface area contributed by atoms with Gasteiger partial charge in [-0.2, -0.15) is 0 Å². The van der Waals surface area contributed by atoms with Gasteiger partial charge in [0, 0.05) is 19.1 Å². The van der Waals surface area contributed by atoms with Crippen molar-refractivity contribution < 1.29 is 28.6 Å². The van der Waals surface area contributed by atoms with Crippen LogP contribution in [0.3, 0.4) is 0 Å². The maximum atomic E-state index is 12.9.